The maximum absolute atomic E-state index is 11.8. The van der Waals surface area contributed by atoms with Gasteiger partial charge >= 0.3 is 5.97 Å². The fraction of sp³-hybridized carbons (Fsp3) is 0.412. The van der Waals surface area contributed by atoms with Gasteiger partial charge < -0.3 is 9.30 Å². The molecule has 1 aliphatic rings. The third kappa shape index (κ3) is 3.17. The van der Waals surface area contributed by atoms with Crippen molar-refractivity contribution in [2.24, 2.45) is 5.92 Å². The zero-order chi connectivity index (χ0) is 15.7. The van der Waals surface area contributed by atoms with Crippen molar-refractivity contribution in [1.29, 1.82) is 0 Å². The smallest absolute Gasteiger partial charge is 0.309 e. The molecule has 1 saturated carbocycles. The Bertz CT molecular complexity index is 696. The molecule has 0 spiro atoms. The van der Waals surface area contributed by atoms with Crippen molar-refractivity contribution in [2.75, 3.05) is 6.61 Å². The predicted octanol–water partition coefficient (Wildman–Crippen LogP) is 3.56. The Morgan fingerprint density at radius 2 is 2.32 bits per heavy atom. The SMILES string of the molecule is CCOC(=O)C1CC1c1ccc(Cn2cnc(Cl)c2)cc1C. The number of carbonyl (C=O) groups excluding carboxylic acids is 1. The molecule has 1 aromatic heterocycles. The fourth-order valence-corrected chi connectivity index (χ4v) is 3.10. The Morgan fingerprint density at radius 3 is 2.95 bits per heavy atom. The molecule has 1 aromatic carbocycles. The maximum atomic E-state index is 11.8. The number of esters is 1. The fourth-order valence-electron chi connectivity index (χ4n) is 2.93. The second-order valence-electron chi connectivity index (χ2n) is 5.76. The van der Waals surface area contributed by atoms with Crippen molar-refractivity contribution in [3.63, 3.8) is 0 Å². The molecule has 4 nitrogen and oxygen atoms in total. The van der Waals surface area contributed by atoms with E-state index in [0.717, 1.165) is 13.0 Å². The van der Waals surface area contributed by atoms with E-state index in [9.17, 15) is 4.79 Å². The number of aromatic nitrogens is 2. The molecule has 0 saturated heterocycles. The van der Waals surface area contributed by atoms with Crippen molar-refractivity contribution < 1.29 is 9.53 Å². The van der Waals surface area contributed by atoms with Crippen molar-refractivity contribution in [3.8, 4) is 0 Å². The van der Waals surface area contributed by atoms with E-state index in [2.05, 4.69) is 30.1 Å². The summed E-state index contributed by atoms with van der Waals surface area (Å²) in [5.41, 5.74) is 3.68. The molecule has 0 radical (unpaired) electrons. The molecular formula is C17H19ClN2O2. The van der Waals surface area contributed by atoms with Crippen LogP contribution in [0.4, 0.5) is 0 Å². The van der Waals surface area contributed by atoms with Gasteiger partial charge in [0.25, 0.3) is 0 Å². The number of benzene rings is 1. The zero-order valence-corrected chi connectivity index (χ0v) is 13.5. The first-order chi connectivity index (χ1) is 10.6. The van der Waals surface area contributed by atoms with E-state index in [0.29, 0.717) is 17.7 Å². The molecule has 0 amide bonds. The quantitative estimate of drug-likeness (QED) is 0.792. The molecule has 2 unspecified atom stereocenters. The van der Waals surface area contributed by atoms with Crippen molar-refractivity contribution in [3.05, 3.63) is 52.6 Å². The lowest BCUT2D eigenvalue weighted by Gasteiger charge is -2.09. The largest absolute Gasteiger partial charge is 0.466 e. The summed E-state index contributed by atoms with van der Waals surface area (Å²) in [6.07, 6.45) is 4.43. The topological polar surface area (TPSA) is 44.1 Å². The number of nitrogens with zero attached hydrogens (tertiary/aromatic N) is 2. The number of hydrogen-bond donors (Lipinski definition) is 0. The average molecular weight is 319 g/mol. The van der Waals surface area contributed by atoms with Crippen molar-refractivity contribution in [2.45, 2.75) is 32.7 Å². The van der Waals surface area contributed by atoms with Crippen LogP contribution in [-0.4, -0.2) is 22.1 Å². The van der Waals surface area contributed by atoms with Gasteiger partial charge in [-0.2, -0.15) is 0 Å². The summed E-state index contributed by atoms with van der Waals surface area (Å²) in [7, 11) is 0. The molecule has 0 aliphatic heterocycles. The van der Waals surface area contributed by atoms with Crippen LogP contribution in [0.25, 0.3) is 0 Å². The lowest BCUT2D eigenvalue weighted by molar-refractivity contribution is -0.144. The first kappa shape index (κ1) is 15.1. The van der Waals surface area contributed by atoms with Gasteiger partial charge in [-0.1, -0.05) is 29.8 Å². The van der Waals surface area contributed by atoms with E-state index in [1.807, 2.05) is 17.7 Å². The number of rotatable bonds is 5. The minimum absolute atomic E-state index is 0.0388. The summed E-state index contributed by atoms with van der Waals surface area (Å²) in [4.78, 5) is 15.8. The lowest BCUT2D eigenvalue weighted by Crippen LogP contribution is -2.07. The highest BCUT2D eigenvalue weighted by atomic mass is 35.5. The molecule has 1 heterocycles. The Labute approximate surface area is 135 Å². The summed E-state index contributed by atoms with van der Waals surface area (Å²) in [6, 6.07) is 6.41. The van der Waals surface area contributed by atoms with Crippen LogP contribution < -0.4 is 0 Å². The van der Waals surface area contributed by atoms with Crippen molar-refractivity contribution >= 4 is 17.6 Å². The molecule has 2 atom stereocenters. The number of ether oxygens (including phenoxy) is 1. The summed E-state index contributed by atoms with van der Waals surface area (Å²) in [6.45, 7) is 5.14. The standard InChI is InChI=1S/C17H19ClN2O2/c1-3-22-17(21)15-7-14(15)13-5-4-12(6-11(13)2)8-20-9-16(18)19-10-20/h4-6,9-10,14-15H,3,7-8H2,1-2H3. The van der Waals surface area contributed by atoms with E-state index < -0.39 is 0 Å². The van der Waals surface area contributed by atoms with Crippen LogP contribution in [-0.2, 0) is 16.1 Å². The maximum Gasteiger partial charge on any atom is 0.309 e. The molecule has 2 aromatic rings. The normalized spacial score (nSPS) is 20.0. The van der Waals surface area contributed by atoms with Crippen LogP contribution in [0.5, 0.6) is 0 Å². The van der Waals surface area contributed by atoms with E-state index in [4.69, 9.17) is 16.3 Å². The summed E-state index contributed by atoms with van der Waals surface area (Å²) >= 11 is 5.83. The highest BCUT2D eigenvalue weighted by Gasteiger charge is 2.45. The van der Waals surface area contributed by atoms with E-state index in [-0.39, 0.29) is 11.9 Å². The Hall–Kier alpha value is -1.81. The van der Waals surface area contributed by atoms with E-state index in [1.165, 1.54) is 16.7 Å². The zero-order valence-electron chi connectivity index (χ0n) is 12.8. The summed E-state index contributed by atoms with van der Waals surface area (Å²) < 4.78 is 7.05. The Kier molecular flexibility index (Phi) is 4.21. The second-order valence-corrected chi connectivity index (χ2v) is 6.15. The highest BCUT2D eigenvalue weighted by molar-refractivity contribution is 6.29. The number of aryl methyl sites for hydroxylation is 1. The summed E-state index contributed by atoms with van der Waals surface area (Å²) in [5.74, 6) is 0.289. The van der Waals surface area contributed by atoms with Gasteiger partial charge in [0.1, 0.15) is 5.15 Å². The molecule has 116 valence electrons. The number of hydrogen-bond acceptors (Lipinski definition) is 3. The molecule has 0 bridgehead atoms. The number of carbonyl (C=O) groups is 1. The van der Waals surface area contributed by atoms with Crippen LogP contribution in [0.15, 0.2) is 30.7 Å². The third-order valence-electron chi connectivity index (χ3n) is 4.08. The average Bonchev–Trinajstić information content (AvgIpc) is 3.16. The van der Waals surface area contributed by atoms with Gasteiger partial charge in [-0.05, 0) is 42.9 Å². The van der Waals surface area contributed by atoms with Gasteiger partial charge in [0, 0.05) is 12.7 Å². The Morgan fingerprint density at radius 1 is 1.50 bits per heavy atom. The minimum Gasteiger partial charge on any atom is -0.466 e. The van der Waals surface area contributed by atoms with E-state index in [1.54, 1.807) is 6.33 Å². The first-order valence-electron chi connectivity index (χ1n) is 7.51. The van der Waals surface area contributed by atoms with Gasteiger partial charge in [-0.3, -0.25) is 4.79 Å². The number of imidazole rings is 1. The van der Waals surface area contributed by atoms with Gasteiger partial charge in [0.2, 0.25) is 0 Å². The molecule has 22 heavy (non-hydrogen) atoms. The second kappa shape index (κ2) is 6.13. The van der Waals surface area contributed by atoms with Crippen LogP contribution in [0, 0.1) is 12.8 Å². The minimum atomic E-state index is -0.0657. The van der Waals surface area contributed by atoms with Gasteiger partial charge in [-0.15, -0.1) is 0 Å². The van der Waals surface area contributed by atoms with Crippen LogP contribution in [0.3, 0.4) is 0 Å². The molecule has 0 N–H and O–H groups in total. The van der Waals surface area contributed by atoms with Gasteiger partial charge in [0.05, 0.1) is 18.9 Å². The molecule has 3 rings (SSSR count). The van der Waals surface area contributed by atoms with Crippen LogP contribution in [0.2, 0.25) is 5.15 Å². The Balaban J connectivity index is 1.69. The lowest BCUT2D eigenvalue weighted by atomic mass is 10.0. The molecule has 5 heteroatoms. The first-order valence-corrected chi connectivity index (χ1v) is 7.89. The molecule has 1 fully saturated rings. The van der Waals surface area contributed by atoms with Gasteiger partial charge in [0.15, 0.2) is 0 Å². The summed E-state index contributed by atoms with van der Waals surface area (Å²) in [5, 5.41) is 0.503. The number of halogens is 1. The molecular weight excluding hydrogens is 300 g/mol. The van der Waals surface area contributed by atoms with Gasteiger partial charge in [-0.25, -0.2) is 4.98 Å². The highest BCUT2D eigenvalue weighted by Crippen LogP contribution is 2.49. The van der Waals surface area contributed by atoms with Crippen molar-refractivity contribution in [1.82, 2.24) is 9.55 Å². The third-order valence-corrected chi connectivity index (χ3v) is 4.28. The van der Waals surface area contributed by atoms with Crippen LogP contribution in [0.1, 0.15) is 36.0 Å². The molecule has 1 aliphatic carbocycles. The van der Waals surface area contributed by atoms with E-state index >= 15 is 0 Å². The van der Waals surface area contributed by atoms with Crippen LogP contribution >= 0.6 is 11.6 Å². The monoisotopic (exact) mass is 318 g/mol. The predicted molar refractivity (Wildman–Crippen MR) is 85.0 cm³/mol.